The van der Waals surface area contributed by atoms with Crippen LogP contribution in [0.5, 0.6) is 0 Å². The van der Waals surface area contributed by atoms with E-state index in [1.54, 1.807) is 0 Å². The number of carbonyl (C=O) groups is 1. The number of nitrogens with one attached hydrogen (secondary N) is 1. The summed E-state index contributed by atoms with van der Waals surface area (Å²) in [7, 11) is 0. The van der Waals surface area contributed by atoms with Gasteiger partial charge in [-0.2, -0.15) is 0 Å². The fourth-order valence-electron chi connectivity index (χ4n) is 1.60. The molecule has 1 aromatic rings. The Labute approximate surface area is 122 Å². The monoisotopic (exact) mass is 300 g/mol. The molecule has 6 nitrogen and oxygen atoms in total. The van der Waals surface area contributed by atoms with Gasteiger partial charge in [0.05, 0.1) is 4.92 Å². The minimum atomic E-state index is -0.651. The van der Waals surface area contributed by atoms with Gasteiger partial charge >= 0.3 is 5.69 Å². The first kappa shape index (κ1) is 16.4. The predicted octanol–water partition coefficient (Wildman–Crippen LogP) is 2.79. The molecule has 110 valence electrons. The van der Waals surface area contributed by atoms with E-state index >= 15 is 0 Å². The van der Waals surface area contributed by atoms with Crippen molar-refractivity contribution in [1.82, 2.24) is 5.32 Å². The summed E-state index contributed by atoms with van der Waals surface area (Å²) < 4.78 is 5.27. The number of para-hydroxylation sites is 1. The van der Waals surface area contributed by atoms with E-state index in [-0.39, 0.29) is 16.3 Å². The van der Waals surface area contributed by atoms with E-state index in [2.05, 4.69) is 5.32 Å². The van der Waals surface area contributed by atoms with Crippen LogP contribution in [-0.2, 0) is 4.74 Å². The summed E-state index contributed by atoms with van der Waals surface area (Å²) in [5.74, 6) is -0.505. The number of halogens is 1. The predicted molar refractivity (Wildman–Crippen MR) is 76.2 cm³/mol. The van der Waals surface area contributed by atoms with Gasteiger partial charge < -0.3 is 10.1 Å². The number of hydrogen-bond acceptors (Lipinski definition) is 4. The maximum atomic E-state index is 11.9. The fraction of sp³-hybridized carbons (Fsp3) is 0.462. The minimum Gasteiger partial charge on any atom is -0.381 e. The molecule has 0 aliphatic heterocycles. The second-order valence-corrected chi connectivity index (χ2v) is 4.52. The Morgan fingerprint density at radius 2 is 2.20 bits per heavy atom. The topological polar surface area (TPSA) is 81.5 Å². The van der Waals surface area contributed by atoms with Gasteiger partial charge in [0.2, 0.25) is 0 Å². The Bertz CT molecular complexity index is 479. The highest BCUT2D eigenvalue weighted by molar-refractivity contribution is 6.33. The van der Waals surface area contributed by atoms with Crippen molar-refractivity contribution in [2.45, 2.75) is 19.8 Å². The molecule has 0 unspecified atom stereocenters. The molecule has 0 saturated carbocycles. The second-order valence-electron chi connectivity index (χ2n) is 4.11. The van der Waals surface area contributed by atoms with Crippen LogP contribution >= 0.6 is 11.6 Å². The first-order valence-corrected chi connectivity index (χ1v) is 6.74. The average molecular weight is 301 g/mol. The molecule has 1 aromatic carbocycles. The summed E-state index contributed by atoms with van der Waals surface area (Å²) in [5.41, 5.74) is -0.397. The van der Waals surface area contributed by atoms with Gasteiger partial charge in [0.1, 0.15) is 10.6 Å². The van der Waals surface area contributed by atoms with Crippen molar-refractivity contribution >= 4 is 23.2 Å². The lowest BCUT2D eigenvalue weighted by molar-refractivity contribution is -0.385. The Morgan fingerprint density at radius 1 is 1.45 bits per heavy atom. The maximum Gasteiger partial charge on any atom is 0.300 e. The van der Waals surface area contributed by atoms with Gasteiger partial charge in [0.25, 0.3) is 5.91 Å². The van der Waals surface area contributed by atoms with Crippen LogP contribution in [0.15, 0.2) is 18.2 Å². The standard InChI is InChI=1S/C13H17ClN2O4/c1-2-8-20-9-4-7-15-13(17)10-5-3-6-11(14)12(10)16(18)19/h3,5-6H,2,4,7-9H2,1H3,(H,15,17). The number of nitro benzene ring substituents is 1. The number of ether oxygens (including phenoxy) is 1. The number of rotatable bonds is 8. The highest BCUT2D eigenvalue weighted by Gasteiger charge is 2.23. The van der Waals surface area contributed by atoms with Gasteiger partial charge in [-0.15, -0.1) is 0 Å². The number of carbonyl (C=O) groups excluding carboxylic acids is 1. The van der Waals surface area contributed by atoms with Gasteiger partial charge in [0.15, 0.2) is 0 Å². The van der Waals surface area contributed by atoms with Crippen LogP contribution < -0.4 is 5.32 Å². The summed E-state index contributed by atoms with van der Waals surface area (Å²) in [6, 6.07) is 4.27. The van der Waals surface area contributed by atoms with E-state index in [9.17, 15) is 14.9 Å². The zero-order valence-electron chi connectivity index (χ0n) is 11.2. The lowest BCUT2D eigenvalue weighted by atomic mass is 10.1. The zero-order valence-corrected chi connectivity index (χ0v) is 12.0. The van der Waals surface area contributed by atoms with Gasteiger partial charge in [-0.05, 0) is 25.0 Å². The highest BCUT2D eigenvalue weighted by Crippen LogP contribution is 2.27. The quantitative estimate of drug-likeness (QED) is 0.455. The smallest absolute Gasteiger partial charge is 0.300 e. The Morgan fingerprint density at radius 3 is 2.85 bits per heavy atom. The van der Waals surface area contributed by atoms with Crippen molar-refractivity contribution in [2.75, 3.05) is 19.8 Å². The molecule has 0 bridgehead atoms. The summed E-state index contributed by atoms with van der Waals surface area (Å²) in [5, 5.41) is 13.5. The molecule has 0 radical (unpaired) electrons. The van der Waals surface area contributed by atoms with Crippen molar-refractivity contribution in [2.24, 2.45) is 0 Å². The first-order chi connectivity index (χ1) is 9.57. The molecule has 1 amide bonds. The van der Waals surface area contributed by atoms with Gasteiger partial charge in [-0.3, -0.25) is 14.9 Å². The van der Waals surface area contributed by atoms with Crippen molar-refractivity contribution in [3.05, 3.63) is 38.9 Å². The van der Waals surface area contributed by atoms with E-state index in [0.717, 1.165) is 6.42 Å². The summed E-state index contributed by atoms with van der Waals surface area (Å²) in [6.07, 6.45) is 1.60. The van der Waals surface area contributed by atoms with Gasteiger partial charge in [-0.1, -0.05) is 24.6 Å². The summed E-state index contributed by atoms with van der Waals surface area (Å²) >= 11 is 5.75. The molecule has 0 spiro atoms. The minimum absolute atomic E-state index is 0.0306. The third-order valence-electron chi connectivity index (χ3n) is 2.51. The summed E-state index contributed by atoms with van der Waals surface area (Å²) in [4.78, 5) is 22.2. The van der Waals surface area contributed by atoms with Gasteiger partial charge in [-0.25, -0.2) is 0 Å². The molecule has 0 aromatic heterocycles. The average Bonchev–Trinajstić information content (AvgIpc) is 2.41. The molecule has 0 saturated heterocycles. The maximum absolute atomic E-state index is 11.9. The lowest BCUT2D eigenvalue weighted by Crippen LogP contribution is -2.26. The van der Waals surface area contributed by atoms with Crippen molar-refractivity contribution in [3.63, 3.8) is 0 Å². The molecule has 1 rings (SSSR count). The van der Waals surface area contributed by atoms with Crippen molar-refractivity contribution in [1.29, 1.82) is 0 Å². The third-order valence-corrected chi connectivity index (χ3v) is 2.82. The molecule has 0 aliphatic rings. The van der Waals surface area contributed by atoms with Crippen molar-refractivity contribution in [3.8, 4) is 0 Å². The number of amides is 1. The fourth-order valence-corrected chi connectivity index (χ4v) is 1.85. The number of hydrogen-bond donors (Lipinski definition) is 1. The van der Waals surface area contributed by atoms with Crippen LogP contribution in [0.1, 0.15) is 30.1 Å². The largest absolute Gasteiger partial charge is 0.381 e. The molecule has 1 N–H and O–H groups in total. The van der Waals surface area contributed by atoms with E-state index in [1.165, 1.54) is 18.2 Å². The SMILES string of the molecule is CCCOCCCNC(=O)c1cccc(Cl)c1[N+](=O)[O-]. The molecule has 0 aliphatic carbocycles. The number of benzene rings is 1. The molecule has 20 heavy (non-hydrogen) atoms. The zero-order chi connectivity index (χ0) is 15.0. The highest BCUT2D eigenvalue weighted by atomic mass is 35.5. The Balaban J connectivity index is 2.56. The van der Waals surface area contributed by atoms with E-state index < -0.39 is 10.8 Å². The number of nitrogens with zero attached hydrogens (tertiary/aromatic N) is 1. The molecule has 7 heteroatoms. The molecule has 0 fully saturated rings. The molecular formula is C13H17ClN2O4. The Kier molecular flexibility index (Phi) is 6.97. The van der Waals surface area contributed by atoms with Gasteiger partial charge in [0, 0.05) is 19.8 Å². The summed E-state index contributed by atoms with van der Waals surface area (Å²) in [6.45, 7) is 3.64. The van der Waals surface area contributed by atoms with Crippen LogP contribution in [0.3, 0.4) is 0 Å². The van der Waals surface area contributed by atoms with Crippen LogP contribution in [0.2, 0.25) is 5.02 Å². The number of nitro groups is 1. The van der Waals surface area contributed by atoms with E-state index in [4.69, 9.17) is 16.3 Å². The molecular weight excluding hydrogens is 284 g/mol. The first-order valence-electron chi connectivity index (χ1n) is 6.36. The molecule has 0 atom stereocenters. The third kappa shape index (κ3) is 4.79. The second kappa shape index (κ2) is 8.50. The van der Waals surface area contributed by atoms with Crippen molar-refractivity contribution < 1.29 is 14.5 Å². The Hall–Kier alpha value is -1.66. The van der Waals surface area contributed by atoms with E-state index in [1.807, 2.05) is 6.92 Å². The van der Waals surface area contributed by atoms with E-state index in [0.29, 0.717) is 26.2 Å². The lowest BCUT2D eigenvalue weighted by Gasteiger charge is -2.07. The van der Waals surface area contributed by atoms with Crippen LogP contribution in [0.25, 0.3) is 0 Å². The normalized spacial score (nSPS) is 10.3. The van der Waals surface area contributed by atoms with Crippen LogP contribution in [0, 0.1) is 10.1 Å². The molecule has 0 heterocycles. The van der Waals surface area contributed by atoms with Crippen LogP contribution in [-0.4, -0.2) is 30.6 Å². The van der Waals surface area contributed by atoms with Crippen LogP contribution in [0.4, 0.5) is 5.69 Å².